The number of hydrogen-bond donors (Lipinski definition) is 3. The molecule has 1 aliphatic carbocycles. The summed E-state index contributed by atoms with van der Waals surface area (Å²) in [5.41, 5.74) is 2.84. The number of furan rings is 1. The molecule has 1 amide bonds. The van der Waals surface area contributed by atoms with Gasteiger partial charge in [0.05, 0.1) is 22.1 Å². The Morgan fingerprint density at radius 2 is 1.85 bits per heavy atom. The van der Waals surface area contributed by atoms with Crippen molar-refractivity contribution >= 4 is 33.0 Å². The second-order valence-electron chi connectivity index (χ2n) is 11.5. The minimum absolute atomic E-state index is 0.160. The second-order valence-corrected chi connectivity index (χ2v) is 13.4. The first-order valence-corrected chi connectivity index (χ1v) is 15.8. The zero-order chi connectivity index (χ0) is 29.4. The number of carbonyl (C=O) groups excluding carboxylic acids is 1. The van der Waals surface area contributed by atoms with E-state index in [0.29, 0.717) is 48.1 Å². The van der Waals surface area contributed by atoms with Crippen LogP contribution in [-0.2, 0) is 20.6 Å². The average Bonchev–Trinajstić information content (AvgIpc) is 3.72. The van der Waals surface area contributed by atoms with E-state index in [4.69, 9.17) is 4.42 Å². The number of hydrogen-bond acceptors (Lipinski definition) is 7. The van der Waals surface area contributed by atoms with Crippen LogP contribution in [0.3, 0.4) is 0 Å². The summed E-state index contributed by atoms with van der Waals surface area (Å²) in [6, 6.07) is 9.52. The number of nitrogens with zero attached hydrogens (tertiary/aromatic N) is 2. The summed E-state index contributed by atoms with van der Waals surface area (Å²) in [5, 5.41) is 13.1. The molecule has 0 atom stereocenters. The Bertz CT molecular complexity index is 1550. The van der Waals surface area contributed by atoms with Crippen molar-refractivity contribution in [1.82, 2.24) is 19.9 Å². The van der Waals surface area contributed by atoms with Crippen molar-refractivity contribution in [3.8, 4) is 11.3 Å². The van der Waals surface area contributed by atoms with Gasteiger partial charge in [-0.15, -0.1) is 0 Å². The smallest absolute Gasteiger partial charge is 0.309 e. The van der Waals surface area contributed by atoms with Crippen molar-refractivity contribution in [1.29, 1.82) is 0 Å². The maximum Gasteiger partial charge on any atom is 0.309 e. The lowest BCUT2D eigenvalue weighted by molar-refractivity contribution is -0.152. The summed E-state index contributed by atoms with van der Waals surface area (Å²) in [7, 11) is -0.212. The quantitative estimate of drug-likeness (QED) is 0.288. The van der Waals surface area contributed by atoms with E-state index in [1.165, 1.54) is 0 Å². The van der Waals surface area contributed by atoms with Gasteiger partial charge >= 0.3 is 5.97 Å². The van der Waals surface area contributed by atoms with Gasteiger partial charge in [-0.05, 0) is 83.1 Å². The Kier molecular flexibility index (Phi) is 8.22. The molecule has 2 aliphatic rings. The summed E-state index contributed by atoms with van der Waals surface area (Å²) < 4.78 is 35.1. The van der Waals surface area contributed by atoms with Gasteiger partial charge in [0.2, 0.25) is 15.7 Å². The van der Waals surface area contributed by atoms with Crippen LogP contribution in [0.4, 0.5) is 0 Å². The van der Waals surface area contributed by atoms with Crippen LogP contribution in [-0.4, -0.2) is 69.0 Å². The number of fused-ring (bicyclic) bond motifs is 1. The number of benzene rings is 1. The lowest BCUT2D eigenvalue weighted by Gasteiger charge is -2.37. The number of likely N-dealkylation sites (tertiary alicyclic amines) is 1. The van der Waals surface area contributed by atoms with Crippen molar-refractivity contribution in [2.24, 2.45) is 5.41 Å². The molecule has 5 rings (SSSR count). The standard InChI is InChI=1S/C30H38N4O6S/c1-19-5-7-21(8-6-19)26-25(27(35)31-2)23-17-22(20-9-10-20)24(33-28(23)40-26)18-41(38,39)32-14-4-11-30(29(36)37)12-15-34(3)16-13-30/h5-8,17,20,32H,4,9-16,18H2,1-3H3,(H,31,35)(H,36,37). The van der Waals surface area contributed by atoms with Gasteiger partial charge in [-0.3, -0.25) is 9.59 Å². The van der Waals surface area contributed by atoms with Gasteiger partial charge in [0.25, 0.3) is 5.91 Å². The predicted octanol–water partition coefficient (Wildman–Crippen LogP) is 4.04. The molecule has 2 fully saturated rings. The summed E-state index contributed by atoms with van der Waals surface area (Å²) in [5.74, 6) is -0.840. The lowest BCUT2D eigenvalue weighted by Crippen LogP contribution is -2.43. The highest BCUT2D eigenvalue weighted by Crippen LogP contribution is 2.44. The molecule has 1 saturated carbocycles. The molecule has 0 unspecified atom stereocenters. The van der Waals surface area contributed by atoms with Crippen LogP contribution in [0, 0.1) is 12.3 Å². The van der Waals surface area contributed by atoms with Crippen LogP contribution in [0.25, 0.3) is 22.4 Å². The van der Waals surface area contributed by atoms with Crippen molar-refractivity contribution in [2.75, 3.05) is 33.7 Å². The average molecular weight is 583 g/mol. The number of aliphatic carboxylic acids is 1. The van der Waals surface area contributed by atoms with E-state index < -0.39 is 21.4 Å². The van der Waals surface area contributed by atoms with Crippen LogP contribution in [0.2, 0.25) is 0 Å². The fourth-order valence-corrected chi connectivity index (χ4v) is 6.85. The highest BCUT2D eigenvalue weighted by Gasteiger charge is 2.40. The number of nitrogens with one attached hydrogen (secondary N) is 2. The van der Waals surface area contributed by atoms with E-state index in [1.807, 2.05) is 44.3 Å². The molecule has 1 aliphatic heterocycles. The van der Waals surface area contributed by atoms with E-state index in [2.05, 4.69) is 19.9 Å². The highest BCUT2D eigenvalue weighted by molar-refractivity contribution is 7.88. The number of carboxylic acids is 1. The number of sulfonamides is 1. The van der Waals surface area contributed by atoms with Crippen molar-refractivity contribution in [3.63, 3.8) is 0 Å². The maximum absolute atomic E-state index is 13.2. The molecule has 2 aromatic heterocycles. The first kappa shape index (κ1) is 29.2. The monoisotopic (exact) mass is 582 g/mol. The van der Waals surface area contributed by atoms with Crippen LogP contribution < -0.4 is 10.0 Å². The third-order valence-corrected chi connectivity index (χ3v) is 9.76. The third-order valence-electron chi connectivity index (χ3n) is 8.46. The van der Waals surface area contributed by atoms with Crippen molar-refractivity contribution < 1.29 is 27.5 Å². The number of amides is 1. The molecule has 0 spiro atoms. The first-order chi connectivity index (χ1) is 19.5. The van der Waals surface area contributed by atoms with Gasteiger partial charge in [-0.1, -0.05) is 29.8 Å². The molecule has 3 heterocycles. The molecule has 3 aromatic rings. The molecule has 1 aromatic carbocycles. The zero-order valence-electron chi connectivity index (χ0n) is 23.8. The SMILES string of the molecule is CNC(=O)c1c(-c2ccc(C)cc2)oc2nc(CS(=O)(=O)NCCCC3(C(=O)O)CCN(C)CC3)c(C3CC3)cc12. The van der Waals surface area contributed by atoms with Gasteiger partial charge < -0.3 is 19.7 Å². The Labute approximate surface area is 240 Å². The number of piperidine rings is 1. The number of aromatic nitrogens is 1. The molecule has 41 heavy (non-hydrogen) atoms. The van der Waals surface area contributed by atoms with Crippen LogP contribution in [0.15, 0.2) is 34.7 Å². The molecule has 3 N–H and O–H groups in total. The molecule has 220 valence electrons. The number of carboxylic acid groups (broad SMARTS) is 1. The fraction of sp³-hybridized carbons (Fsp3) is 0.500. The van der Waals surface area contributed by atoms with Crippen LogP contribution in [0.5, 0.6) is 0 Å². The summed E-state index contributed by atoms with van der Waals surface area (Å²) >= 11 is 0. The Morgan fingerprint density at radius 3 is 2.46 bits per heavy atom. The van der Waals surface area contributed by atoms with E-state index >= 15 is 0 Å². The largest absolute Gasteiger partial charge is 0.481 e. The maximum atomic E-state index is 13.2. The molecule has 11 heteroatoms. The van der Waals surface area contributed by atoms with Crippen LogP contribution in [0.1, 0.15) is 71.6 Å². The zero-order valence-corrected chi connectivity index (χ0v) is 24.6. The first-order valence-electron chi connectivity index (χ1n) is 14.2. The van der Waals surface area contributed by atoms with Gasteiger partial charge in [0.15, 0.2) is 0 Å². The number of aryl methyl sites for hydroxylation is 1. The predicted molar refractivity (Wildman–Crippen MR) is 156 cm³/mol. The molecule has 0 bridgehead atoms. The van der Waals surface area contributed by atoms with Gasteiger partial charge in [0.1, 0.15) is 11.5 Å². The van der Waals surface area contributed by atoms with E-state index in [1.54, 1.807) is 7.05 Å². The van der Waals surface area contributed by atoms with Crippen molar-refractivity contribution in [3.05, 3.63) is 52.7 Å². The molecule has 10 nitrogen and oxygen atoms in total. The fourth-order valence-electron chi connectivity index (χ4n) is 5.70. The Balaban J connectivity index is 1.37. The van der Waals surface area contributed by atoms with E-state index in [-0.39, 0.29) is 29.8 Å². The molecular weight excluding hydrogens is 544 g/mol. The lowest BCUT2D eigenvalue weighted by atomic mass is 9.75. The minimum atomic E-state index is -3.75. The highest BCUT2D eigenvalue weighted by atomic mass is 32.2. The minimum Gasteiger partial charge on any atom is -0.481 e. The summed E-state index contributed by atoms with van der Waals surface area (Å²) in [6.45, 7) is 3.57. The number of carbonyl (C=O) groups is 2. The van der Waals surface area contributed by atoms with E-state index in [0.717, 1.165) is 42.6 Å². The second kappa shape index (κ2) is 11.5. The molecule has 1 saturated heterocycles. The third kappa shape index (κ3) is 6.32. The normalized spacial score (nSPS) is 17.5. The summed E-state index contributed by atoms with van der Waals surface area (Å²) in [4.78, 5) is 31.8. The Hall–Kier alpha value is -3.28. The number of pyridine rings is 1. The molecule has 0 radical (unpaired) electrons. The number of rotatable bonds is 11. The Morgan fingerprint density at radius 1 is 1.17 bits per heavy atom. The topological polar surface area (TPSA) is 142 Å². The summed E-state index contributed by atoms with van der Waals surface area (Å²) in [6.07, 6.45) is 3.84. The molecular formula is C30H38N4O6S. The van der Waals surface area contributed by atoms with E-state index in [9.17, 15) is 23.1 Å². The van der Waals surface area contributed by atoms with Crippen molar-refractivity contribution in [2.45, 2.75) is 57.1 Å². The van der Waals surface area contributed by atoms with Gasteiger partial charge in [-0.25, -0.2) is 18.1 Å². The van der Waals surface area contributed by atoms with Gasteiger partial charge in [0, 0.05) is 19.2 Å². The van der Waals surface area contributed by atoms with Gasteiger partial charge in [-0.2, -0.15) is 0 Å². The van der Waals surface area contributed by atoms with Crippen LogP contribution >= 0.6 is 0 Å².